The van der Waals surface area contributed by atoms with Gasteiger partial charge in [-0.05, 0) is 221 Å². The van der Waals surface area contributed by atoms with Gasteiger partial charge >= 0.3 is 0 Å². The Labute approximate surface area is 593 Å². The van der Waals surface area contributed by atoms with E-state index in [2.05, 4.69) is 400 Å². The molecule has 0 radical (unpaired) electrons. The van der Waals surface area contributed by atoms with Gasteiger partial charge < -0.3 is 0 Å². The van der Waals surface area contributed by atoms with Crippen LogP contribution in [0.1, 0.15) is 0 Å². The van der Waals surface area contributed by atoms with E-state index in [1.807, 2.05) is 0 Å². The third kappa shape index (κ3) is 10.6. The molecule has 0 bridgehead atoms. The monoisotopic (exact) mass is 1290 g/mol. The van der Waals surface area contributed by atoms with Crippen LogP contribution >= 0.6 is 0 Å². The van der Waals surface area contributed by atoms with Gasteiger partial charge in [0, 0.05) is 0 Å². The van der Waals surface area contributed by atoms with Crippen LogP contribution in [0.3, 0.4) is 0 Å². The number of benzene rings is 20. The second-order valence-corrected chi connectivity index (χ2v) is 26.9. The molecule has 20 aromatic rings. The van der Waals surface area contributed by atoms with Crippen molar-refractivity contribution in [2.75, 3.05) is 0 Å². The molecule has 0 nitrogen and oxygen atoms in total. The molecule has 0 atom stereocenters. The Hall–Kier alpha value is -13.3. The summed E-state index contributed by atoms with van der Waals surface area (Å²) in [5.74, 6) is 0. The highest BCUT2D eigenvalue weighted by Crippen LogP contribution is 2.48. The van der Waals surface area contributed by atoms with Gasteiger partial charge in [-0.25, -0.2) is 0 Å². The minimum atomic E-state index is 1.22. The Morgan fingerprint density at radius 2 is 0.314 bits per heavy atom. The number of rotatable bonds is 9. The Morgan fingerprint density at radius 1 is 0.0980 bits per heavy atom. The van der Waals surface area contributed by atoms with E-state index in [0.717, 1.165) is 0 Å². The van der Waals surface area contributed by atoms with Crippen LogP contribution in [0.25, 0.3) is 197 Å². The smallest absolute Gasteiger partial charge is 0.00262 e. The second-order valence-electron chi connectivity index (χ2n) is 26.9. The molecule has 0 saturated heterocycles. The highest BCUT2D eigenvalue weighted by Gasteiger charge is 2.21. The molecule has 0 aliphatic rings. The van der Waals surface area contributed by atoms with Gasteiger partial charge in [-0.15, -0.1) is 0 Å². The SMILES string of the molecule is c1ccc(-c2ccccc2-c2ccc3ccc(-c4c5ccccc5c(-c5ccc(-c6cccc7ccccc67)cc5)c5ccccc45)cc3c2)cc1.c1ccc2c(-c3ccc(-c4c5ccccc5c(-c5ccc6ccc(-c7cccc8ccccc78)cc6c5)c5ccccc45)cc3)cccc2c1. The highest BCUT2D eigenvalue weighted by molar-refractivity contribution is 6.24. The number of hydrogen-bond acceptors (Lipinski definition) is 0. The van der Waals surface area contributed by atoms with E-state index in [4.69, 9.17) is 0 Å². The van der Waals surface area contributed by atoms with Crippen LogP contribution in [0.5, 0.6) is 0 Å². The average molecular weight is 1290 g/mol. The van der Waals surface area contributed by atoms with Crippen molar-refractivity contribution in [3.05, 3.63) is 400 Å². The summed E-state index contributed by atoms with van der Waals surface area (Å²) in [4.78, 5) is 0. The van der Waals surface area contributed by atoms with E-state index in [1.54, 1.807) is 0 Å². The molecule has 0 fully saturated rings. The molecular weight excluding hydrogens is 1230 g/mol. The summed E-state index contributed by atoms with van der Waals surface area (Å²) in [5.41, 5.74) is 22.5. The van der Waals surface area contributed by atoms with Crippen molar-refractivity contribution < 1.29 is 0 Å². The first-order valence-electron chi connectivity index (χ1n) is 35.4. The van der Waals surface area contributed by atoms with Crippen molar-refractivity contribution in [3.8, 4) is 100 Å². The molecule has 0 spiro atoms. The summed E-state index contributed by atoms with van der Waals surface area (Å²) in [5, 5.41) is 22.7. The maximum Gasteiger partial charge on any atom is -0.00262 e. The number of hydrogen-bond donors (Lipinski definition) is 0. The van der Waals surface area contributed by atoms with E-state index >= 15 is 0 Å². The lowest BCUT2D eigenvalue weighted by molar-refractivity contribution is 1.59. The fourth-order valence-corrected chi connectivity index (χ4v) is 16.3. The zero-order valence-corrected chi connectivity index (χ0v) is 56.1. The van der Waals surface area contributed by atoms with E-state index in [0.29, 0.717) is 0 Å². The average Bonchev–Trinajstić information content (AvgIpc) is 0.737. The van der Waals surface area contributed by atoms with Crippen molar-refractivity contribution in [1.29, 1.82) is 0 Å². The first kappa shape index (κ1) is 60.0. The predicted molar refractivity (Wildman–Crippen MR) is 439 cm³/mol. The van der Waals surface area contributed by atoms with E-state index in [9.17, 15) is 0 Å². The quantitative estimate of drug-likeness (QED) is 0.126. The Kier molecular flexibility index (Phi) is 15.0. The maximum atomic E-state index is 2.39. The normalized spacial score (nSPS) is 11.5. The van der Waals surface area contributed by atoms with Crippen LogP contribution in [0.4, 0.5) is 0 Å². The minimum absolute atomic E-state index is 1.22. The fraction of sp³-hybridized carbons (Fsp3) is 0. The second kappa shape index (κ2) is 25.5. The molecule has 0 unspecified atom stereocenters. The molecule has 0 aliphatic heterocycles. The van der Waals surface area contributed by atoms with Crippen LogP contribution in [0, 0.1) is 0 Å². The lowest BCUT2D eigenvalue weighted by Crippen LogP contribution is -1.91. The largest absolute Gasteiger partial charge is 0.0622 e. The van der Waals surface area contributed by atoms with Crippen molar-refractivity contribution in [3.63, 3.8) is 0 Å². The molecule has 20 rings (SSSR count). The third-order valence-electron chi connectivity index (χ3n) is 21.1. The molecule has 0 heteroatoms. The van der Waals surface area contributed by atoms with Crippen molar-refractivity contribution in [1.82, 2.24) is 0 Å². The van der Waals surface area contributed by atoms with Crippen LogP contribution in [0.2, 0.25) is 0 Å². The first-order chi connectivity index (χ1) is 50.6. The van der Waals surface area contributed by atoms with Gasteiger partial charge in [0.15, 0.2) is 0 Å². The van der Waals surface area contributed by atoms with Gasteiger partial charge in [0.05, 0.1) is 0 Å². The molecule has 0 aromatic heterocycles. The highest BCUT2D eigenvalue weighted by atomic mass is 14.2. The van der Waals surface area contributed by atoms with Crippen molar-refractivity contribution >= 4 is 97.0 Å². The molecule has 0 N–H and O–H groups in total. The minimum Gasteiger partial charge on any atom is -0.0622 e. The molecule has 20 aromatic carbocycles. The topological polar surface area (TPSA) is 0 Å². The zero-order chi connectivity index (χ0) is 67.5. The summed E-state index contributed by atoms with van der Waals surface area (Å²) in [6.07, 6.45) is 0. The van der Waals surface area contributed by atoms with E-state index in [-0.39, 0.29) is 0 Å². The van der Waals surface area contributed by atoms with Crippen molar-refractivity contribution in [2.24, 2.45) is 0 Å². The van der Waals surface area contributed by atoms with Gasteiger partial charge in [-0.2, -0.15) is 0 Å². The Morgan fingerprint density at radius 3 is 0.676 bits per heavy atom. The van der Waals surface area contributed by atoms with Crippen LogP contribution in [-0.4, -0.2) is 0 Å². The van der Waals surface area contributed by atoms with Crippen molar-refractivity contribution in [2.45, 2.75) is 0 Å². The van der Waals surface area contributed by atoms with E-state index in [1.165, 1.54) is 197 Å². The summed E-state index contributed by atoms with van der Waals surface area (Å²) in [7, 11) is 0. The van der Waals surface area contributed by atoms with Gasteiger partial charge in [0.1, 0.15) is 0 Å². The first-order valence-corrected chi connectivity index (χ1v) is 35.4. The predicted octanol–water partition coefficient (Wildman–Crippen LogP) is 28.8. The lowest BCUT2D eigenvalue weighted by Gasteiger charge is -2.18. The fourth-order valence-electron chi connectivity index (χ4n) is 16.3. The molecule has 0 saturated carbocycles. The van der Waals surface area contributed by atoms with Gasteiger partial charge in [0.25, 0.3) is 0 Å². The van der Waals surface area contributed by atoms with Gasteiger partial charge in [-0.3, -0.25) is 0 Å². The Balaban J connectivity index is 0.000000141. The van der Waals surface area contributed by atoms with E-state index < -0.39 is 0 Å². The summed E-state index contributed by atoms with van der Waals surface area (Å²) >= 11 is 0. The number of fused-ring (bicyclic) bond motifs is 9. The molecule has 0 amide bonds. The third-order valence-corrected chi connectivity index (χ3v) is 21.1. The van der Waals surface area contributed by atoms with Gasteiger partial charge in [-0.1, -0.05) is 376 Å². The van der Waals surface area contributed by atoms with Crippen LogP contribution < -0.4 is 0 Å². The zero-order valence-electron chi connectivity index (χ0n) is 56.1. The molecule has 0 aliphatic carbocycles. The standard InChI is InChI=1S/C52H34.C50H32/c1-2-13-36(14-3-1)44-18-6-7-19-46(44)40-31-25-35-26-32-41(34-42(35)33-40)52-49-22-10-8-20-47(49)51(48-21-9-11-23-50(48)52)39-29-27-38(28-30-39)45-24-12-16-37-15-4-5-17-43(37)45;1-3-15-41-34(11-1)13-9-21-43(41)36-25-27-37(28-26-36)49-45-17-5-7-19-47(45)50(48-20-8-6-18-46(48)49)39-30-24-33-23-29-38(31-40(33)32-39)44-22-10-14-35-12-2-4-16-42(35)44/h1-34H;1-32H. The summed E-state index contributed by atoms with van der Waals surface area (Å²) in [6.45, 7) is 0. The lowest BCUT2D eigenvalue weighted by atomic mass is 9.85. The van der Waals surface area contributed by atoms with Gasteiger partial charge in [0.2, 0.25) is 0 Å². The maximum absolute atomic E-state index is 2.39. The molecular formula is C102H66. The summed E-state index contributed by atoms with van der Waals surface area (Å²) < 4.78 is 0. The van der Waals surface area contributed by atoms with Crippen LogP contribution in [-0.2, 0) is 0 Å². The molecule has 102 heavy (non-hydrogen) atoms. The van der Waals surface area contributed by atoms with Crippen LogP contribution in [0.15, 0.2) is 400 Å². The molecule has 474 valence electrons. The summed E-state index contributed by atoms with van der Waals surface area (Å²) in [6, 6.07) is 147. The Bertz CT molecular complexity index is 6520. The molecule has 0 heterocycles.